The number of benzene rings is 1. The van der Waals surface area contributed by atoms with Gasteiger partial charge in [0.15, 0.2) is 0 Å². The fraction of sp³-hybridized carbons (Fsp3) is 0.143. The molecule has 0 aliphatic heterocycles. The summed E-state index contributed by atoms with van der Waals surface area (Å²) in [5, 5.41) is 26.2. The summed E-state index contributed by atoms with van der Waals surface area (Å²) in [6, 6.07) is 8.08. The standard InChI is InChI=1S/C14H12N4O2/c1-8-12(7-15)14(20)16-9(2)13(8)18-17-10-3-5-11(19)6-4-10/h3-6,19H,1-2H3,(H,16,20). The summed E-state index contributed by atoms with van der Waals surface area (Å²) < 4.78 is 0. The van der Waals surface area contributed by atoms with Crippen LogP contribution < -0.4 is 5.56 Å². The third-order valence-electron chi connectivity index (χ3n) is 2.84. The van der Waals surface area contributed by atoms with E-state index in [1.54, 1.807) is 26.0 Å². The van der Waals surface area contributed by atoms with Crippen molar-refractivity contribution in [1.82, 2.24) is 4.98 Å². The molecule has 0 fully saturated rings. The lowest BCUT2D eigenvalue weighted by molar-refractivity contribution is 0.475. The molecule has 0 saturated heterocycles. The van der Waals surface area contributed by atoms with Crippen molar-refractivity contribution in [2.24, 2.45) is 10.2 Å². The number of aromatic nitrogens is 1. The summed E-state index contributed by atoms with van der Waals surface area (Å²) >= 11 is 0. The molecule has 2 rings (SSSR count). The molecule has 0 saturated carbocycles. The number of azo groups is 1. The number of phenolic OH excluding ortho intramolecular Hbond substituents is 1. The van der Waals surface area contributed by atoms with Crippen molar-refractivity contribution in [2.45, 2.75) is 13.8 Å². The second-order valence-corrected chi connectivity index (χ2v) is 4.26. The van der Waals surface area contributed by atoms with Gasteiger partial charge in [0.25, 0.3) is 5.56 Å². The van der Waals surface area contributed by atoms with Gasteiger partial charge in [0.2, 0.25) is 0 Å². The predicted molar refractivity (Wildman–Crippen MR) is 73.5 cm³/mol. The molecule has 100 valence electrons. The molecule has 6 nitrogen and oxygen atoms in total. The van der Waals surface area contributed by atoms with Gasteiger partial charge in [0.05, 0.1) is 5.69 Å². The number of aryl methyl sites for hydroxylation is 1. The molecular formula is C14H12N4O2. The largest absolute Gasteiger partial charge is 0.508 e. The first-order valence-corrected chi connectivity index (χ1v) is 5.87. The van der Waals surface area contributed by atoms with Crippen molar-refractivity contribution < 1.29 is 5.11 Å². The van der Waals surface area contributed by atoms with Crippen LogP contribution in [0.15, 0.2) is 39.3 Å². The number of rotatable bonds is 2. The van der Waals surface area contributed by atoms with Crippen LogP contribution in [0.25, 0.3) is 0 Å². The van der Waals surface area contributed by atoms with Crippen LogP contribution in [0.5, 0.6) is 5.75 Å². The van der Waals surface area contributed by atoms with Crippen LogP contribution >= 0.6 is 0 Å². The molecule has 0 spiro atoms. The van der Waals surface area contributed by atoms with Crippen LogP contribution in [0.4, 0.5) is 11.4 Å². The number of pyridine rings is 1. The Kier molecular flexibility index (Phi) is 3.62. The average Bonchev–Trinajstić information content (AvgIpc) is 2.40. The molecule has 1 aromatic carbocycles. The van der Waals surface area contributed by atoms with Crippen molar-refractivity contribution in [2.75, 3.05) is 0 Å². The summed E-state index contributed by atoms with van der Waals surface area (Å²) in [6.07, 6.45) is 0. The first-order chi connectivity index (χ1) is 9.52. The van der Waals surface area contributed by atoms with E-state index in [0.29, 0.717) is 22.6 Å². The fourth-order valence-corrected chi connectivity index (χ4v) is 1.77. The number of phenols is 1. The quantitative estimate of drug-likeness (QED) is 0.818. The SMILES string of the molecule is Cc1[nH]c(=O)c(C#N)c(C)c1N=Nc1ccc(O)cc1. The first kappa shape index (κ1) is 13.5. The number of nitrogens with one attached hydrogen (secondary N) is 1. The maximum atomic E-state index is 11.6. The van der Waals surface area contributed by atoms with E-state index in [1.165, 1.54) is 12.1 Å². The maximum absolute atomic E-state index is 11.6. The lowest BCUT2D eigenvalue weighted by Crippen LogP contribution is -2.13. The van der Waals surface area contributed by atoms with Gasteiger partial charge in [-0.2, -0.15) is 10.4 Å². The molecule has 0 amide bonds. The summed E-state index contributed by atoms with van der Waals surface area (Å²) in [7, 11) is 0. The molecule has 0 aliphatic carbocycles. The lowest BCUT2D eigenvalue weighted by atomic mass is 10.1. The third-order valence-corrected chi connectivity index (χ3v) is 2.84. The van der Waals surface area contributed by atoms with Gasteiger partial charge in [-0.1, -0.05) is 0 Å². The Morgan fingerprint density at radius 1 is 1.20 bits per heavy atom. The molecule has 6 heteroatoms. The Morgan fingerprint density at radius 3 is 2.45 bits per heavy atom. The minimum Gasteiger partial charge on any atom is -0.508 e. The average molecular weight is 268 g/mol. The van der Waals surface area contributed by atoms with E-state index in [0.717, 1.165) is 0 Å². The number of aromatic amines is 1. The van der Waals surface area contributed by atoms with E-state index in [1.807, 2.05) is 6.07 Å². The van der Waals surface area contributed by atoms with Crippen molar-refractivity contribution in [3.63, 3.8) is 0 Å². The van der Waals surface area contributed by atoms with Gasteiger partial charge in [-0.3, -0.25) is 4.79 Å². The molecule has 0 atom stereocenters. The van der Waals surface area contributed by atoms with Crippen LogP contribution in [0.3, 0.4) is 0 Å². The zero-order chi connectivity index (χ0) is 14.7. The van der Waals surface area contributed by atoms with E-state index in [9.17, 15) is 9.90 Å². The fourth-order valence-electron chi connectivity index (χ4n) is 1.77. The Balaban J connectivity index is 2.46. The summed E-state index contributed by atoms with van der Waals surface area (Å²) in [4.78, 5) is 14.2. The van der Waals surface area contributed by atoms with Crippen LogP contribution in [-0.2, 0) is 0 Å². The molecule has 0 radical (unpaired) electrons. The van der Waals surface area contributed by atoms with Crippen LogP contribution in [0, 0.1) is 25.2 Å². The third kappa shape index (κ3) is 2.57. The van der Waals surface area contributed by atoms with Gasteiger partial charge >= 0.3 is 0 Å². The molecule has 0 aliphatic rings. The van der Waals surface area contributed by atoms with Gasteiger partial charge in [-0.05, 0) is 38.1 Å². The second kappa shape index (κ2) is 5.36. The van der Waals surface area contributed by atoms with Crippen molar-refractivity contribution in [3.05, 3.63) is 51.4 Å². The molecular weight excluding hydrogens is 256 g/mol. The predicted octanol–water partition coefficient (Wildman–Crippen LogP) is 2.98. The van der Waals surface area contributed by atoms with Gasteiger partial charge in [0, 0.05) is 11.3 Å². The van der Waals surface area contributed by atoms with E-state index in [4.69, 9.17) is 5.26 Å². The van der Waals surface area contributed by atoms with E-state index in [-0.39, 0.29) is 11.3 Å². The smallest absolute Gasteiger partial charge is 0.266 e. The zero-order valence-corrected chi connectivity index (χ0v) is 11.0. The van der Waals surface area contributed by atoms with Crippen LogP contribution in [0.2, 0.25) is 0 Å². The van der Waals surface area contributed by atoms with Gasteiger partial charge in [0.1, 0.15) is 23.1 Å². The van der Waals surface area contributed by atoms with Crippen molar-refractivity contribution >= 4 is 11.4 Å². The Bertz CT molecular complexity index is 767. The molecule has 20 heavy (non-hydrogen) atoms. The van der Waals surface area contributed by atoms with Crippen LogP contribution in [-0.4, -0.2) is 10.1 Å². The molecule has 1 aromatic heterocycles. The number of aromatic hydroxyl groups is 1. The molecule has 2 aromatic rings. The minimum atomic E-state index is -0.425. The van der Waals surface area contributed by atoms with E-state index < -0.39 is 5.56 Å². The highest BCUT2D eigenvalue weighted by atomic mass is 16.3. The Labute approximate surface area is 115 Å². The molecule has 0 unspecified atom stereocenters. The maximum Gasteiger partial charge on any atom is 0.266 e. The van der Waals surface area contributed by atoms with E-state index in [2.05, 4.69) is 15.2 Å². The van der Waals surface area contributed by atoms with Crippen LogP contribution in [0.1, 0.15) is 16.8 Å². The minimum absolute atomic E-state index is 0.0373. The lowest BCUT2D eigenvalue weighted by Gasteiger charge is -2.04. The highest BCUT2D eigenvalue weighted by molar-refractivity contribution is 5.55. The van der Waals surface area contributed by atoms with Gasteiger partial charge in [-0.15, -0.1) is 5.11 Å². The van der Waals surface area contributed by atoms with E-state index >= 15 is 0 Å². The monoisotopic (exact) mass is 268 g/mol. The normalized spacial score (nSPS) is 10.7. The first-order valence-electron chi connectivity index (χ1n) is 5.87. The number of hydrogen-bond acceptors (Lipinski definition) is 5. The Hall–Kier alpha value is -2.94. The highest BCUT2D eigenvalue weighted by Gasteiger charge is 2.11. The number of hydrogen-bond donors (Lipinski definition) is 2. The number of H-pyrrole nitrogens is 1. The van der Waals surface area contributed by atoms with Crippen molar-refractivity contribution in [1.29, 1.82) is 5.26 Å². The summed E-state index contributed by atoms with van der Waals surface area (Å²) in [6.45, 7) is 3.35. The molecule has 0 bridgehead atoms. The topological polar surface area (TPSA) is 102 Å². The highest BCUT2D eigenvalue weighted by Crippen LogP contribution is 2.25. The second-order valence-electron chi connectivity index (χ2n) is 4.26. The Morgan fingerprint density at radius 2 is 1.85 bits per heavy atom. The molecule has 2 N–H and O–H groups in total. The van der Waals surface area contributed by atoms with Gasteiger partial charge in [-0.25, -0.2) is 0 Å². The zero-order valence-electron chi connectivity index (χ0n) is 11.0. The summed E-state index contributed by atoms with van der Waals surface area (Å²) in [5.74, 6) is 0.145. The van der Waals surface area contributed by atoms with Crippen molar-refractivity contribution in [3.8, 4) is 11.8 Å². The number of nitrogens with zero attached hydrogens (tertiary/aromatic N) is 3. The summed E-state index contributed by atoms with van der Waals surface area (Å²) in [5.41, 5.74) is 1.69. The number of nitriles is 1. The van der Waals surface area contributed by atoms with Gasteiger partial charge < -0.3 is 10.1 Å². The molecule has 1 heterocycles.